The molecular formula is C16H16Cl2N2O4S. The summed E-state index contributed by atoms with van der Waals surface area (Å²) < 4.78 is 32.0. The molecule has 0 spiro atoms. The molecule has 2 aromatic rings. The molecule has 9 heteroatoms. The van der Waals surface area contributed by atoms with E-state index in [1.165, 1.54) is 28.8 Å². The topological polar surface area (TPSA) is 70.8 Å². The summed E-state index contributed by atoms with van der Waals surface area (Å²) >= 11 is 11.9. The number of nitrogens with zero attached hydrogens (tertiary/aromatic N) is 2. The molecule has 2 heterocycles. The maximum atomic E-state index is 12.8. The number of sulfonamides is 1. The van der Waals surface area contributed by atoms with Gasteiger partial charge in [0.25, 0.3) is 5.91 Å². The third-order valence-corrected chi connectivity index (χ3v) is 6.74. The van der Waals surface area contributed by atoms with Crippen molar-refractivity contribution in [3.8, 4) is 0 Å². The van der Waals surface area contributed by atoms with Crippen LogP contribution in [0.5, 0.6) is 0 Å². The second-order valence-electron chi connectivity index (χ2n) is 5.66. The van der Waals surface area contributed by atoms with Crippen LogP contribution in [0.3, 0.4) is 0 Å². The number of amides is 1. The second-order valence-corrected chi connectivity index (χ2v) is 8.41. The van der Waals surface area contributed by atoms with Crippen LogP contribution >= 0.6 is 23.2 Å². The smallest absolute Gasteiger partial charge is 0.257 e. The molecule has 1 fully saturated rings. The molecule has 0 bridgehead atoms. The zero-order valence-corrected chi connectivity index (χ0v) is 15.7. The van der Waals surface area contributed by atoms with Gasteiger partial charge in [0, 0.05) is 31.2 Å². The standard InChI is InChI=1S/C16H16Cl2N2O4S/c1-11-13(4-9-24-11)16(21)19-5-7-20(8-6-19)25(22,23)15-10-12(17)2-3-14(15)18/h2-4,9-10H,5-8H2,1H3. The number of piperazine rings is 1. The highest BCUT2D eigenvalue weighted by Crippen LogP contribution is 2.28. The van der Waals surface area contributed by atoms with Crippen LogP contribution in [0.15, 0.2) is 39.8 Å². The first kappa shape index (κ1) is 18.3. The minimum absolute atomic E-state index is 0.0212. The zero-order chi connectivity index (χ0) is 18.2. The maximum Gasteiger partial charge on any atom is 0.257 e. The highest BCUT2D eigenvalue weighted by Gasteiger charge is 2.32. The quantitative estimate of drug-likeness (QED) is 0.790. The Balaban J connectivity index is 1.74. The van der Waals surface area contributed by atoms with Crippen LogP contribution in [-0.2, 0) is 10.0 Å². The largest absolute Gasteiger partial charge is 0.469 e. The third-order valence-electron chi connectivity index (χ3n) is 4.13. The minimum atomic E-state index is -3.77. The van der Waals surface area contributed by atoms with E-state index in [1.54, 1.807) is 17.9 Å². The van der Waals surface area contributed by atoms with Crippen LogP contribution in [0.4, 0.5) is 0 Å². The Kier molecular flexibility index (Phi) is 5.11. The van der Waals surface area contributed by atoms with Gasteiger partial charge in [-0.05, 0) is 31.2 Å². The van der Waals surface area contributed by atoms with Crippen LogP contribution in [0, 0.1) is 6.92 Å². The second kappa shape index (κ2) is 6.99. The summed E-state index contributed by atoms with van der Waals surface area (Å²) in [6, 6.07) is 5.95. The van der Waals surface area contributed by atoms with Gasteiger partial charge in [0.1, 0.15) is 10.7 Å². The van der Waals surface area contributed by atoms with Gasteiger partial charge in [0.05, 0.1) is 16.8 Å². The van der Waals surface area contributed by atoms with Crippen LogP contribution < -0.4 is 0 Å². The molecule has 0 aliphatic carbocycles. The molecule has 1 aromatic heterocycles. The molecule has 1 aliphatic heterocycles. The summed E-state index contributed by atoms with van der Waals surface area (Å²) in [4.78, 5) is 14.1. The molecule has 134 valence electrons. The lowest BCUT2D eigenvalue weighted by Gasteiger charge is -2.34. The van der Waals surface area contributed by atoms with Crippen LogP contribution in [0.2, 0.25) is 10.0 Å². The number of carbonyl (C=O) groups is 1. The number of hydrogen-bond acceptors (Lipinski definition) is 4. The first-order chi connectivity index (χ1) is 11.8. The number of benzene rings is 1. The van der Waals surface area contributed by atoms with Crippen LogP contribution in [0.25, 0.3) is 0 Å². The molecule has 0 unspecified atom stereocenters. The predicted octanol–water partition coefficient (Wildman–Crippen LogP) is 3.04. The number of carbonyl (C=O) groups excluding carboxylic acids is 1. The third kappa shape index (κ3) is 3.55. The van der Waals surface area contributed by atoms with Gasteiger partial charge in [0.15, 0.2) is 0 Å². The van der Waals surface area contributed by atoms with Gasteiger partial charge < -0.3 is 9.32 Å². The Hall–Kier alpha value is -1.54. The van der Waals surface area contributed by atoms with Gasteiger partial charge in [-0.25, -0.2) is 8.42 Å². The van der Waals surface area contributed by atoms with E-state index >= 15 is 0 Å². The Morgan fingerprint density at radius 2 is 1.80 bits per heavy atom. The van der Waals surface area contributed by atoms with Gasteiger partial charge >= 0.3 is 0 Å². The first-order valence-electron chi connectivity index (χ1n) is 7.59. The molecule has 3 rings (SSSR count). The van der Waals surface area contributed by atoms with E-state index in [1.807, 2.05) is 0 Å². The number of hydrogen-bond donors (Lipinski definition) is 0. The van der Waals surface area contributed by atoms with Gasteiger partial charge in [-0.1, -0.05) is 23.2 Å². The van der Waals surface area contributed by atoms with Crippen LogP contribution in [-0.4, -0.2) is 49.7 Å². The summed E-state index contributed by atoms with van der Waals surface area (Å²) in [5.74, 6) is 0.384. The van der Waals surface area contributed by atoms with Crippen molar-refractivity contribution in [3.63, 3.8) is 0 Å². The minimum Gasteiger partial charge on any atom is -0.469 e. The lowest BCUT2D eigenvalue weighted by Crippen LogP contribution is -2.50. The normalized spacial score (nSPS) is 16.2. The molecule has 1 amide bonds. The molecule has 25 heavy (non-hydrogen) atoms. The van der Waals surface area contributed by atoms with Crippen molar-refractivity contribution < 1.29 is 17.6 Å². The average Bonchev–Trinajstić information content (AvgIpc) is 3.02. The van der Waals surface area contributed by atoms with Crippen molar-refractivity contribution in [2.75, 3.05) is 26.2 Å². The van der Waals surface area contributed by atoms with Gasteiger partial charge in [-0.3, -0.25) is 4.79 Å². The summed E-state index contributed by atoms with van der Waals surface area (Å²) in [6.07, 6.45) is 1.46. The average molecular weight is 403 g/mol. The van der Waals surface area contributed by atoms with Crippen LogP contribution in [0.1, 0.15) is 16.1 Å². The van der Waals surface area contributed by atoms with E-state index in [-0.39, 0.29) is 28.9 Å². The van der Waals surface area contributed by atoms with Crippen molar-refractivity contribution in [3.05, 3.63) is 51.9 Å². The van der Waals surface area contributed by atoms with E-state index in [9.17, 15) is 13.2 Å². The monoisotopic (exact) mass is 402 g/mol. The number of rotatable bonds is 3. The van der Waals surface area contributed by atoms with Crippen molar-refractivity contribution in [2.45, 2.75) is 11.8 Å². The van der Waals surface area contributed by atoms with E-state index in [2.05, 4.69) is 0 Å². The molecule has 6 nitrogen and oxygen atoms in total. The fourth-order valence-electron chi connectivity index (χ4n) is 2.72. The van der Waals surface area contributed by atoms with Gasteiger partial charge in [0.2, 0.25) is 10.0 Å². The molecule has 0 atom stereocenters. The number of aryl methyl sites for hydroxylation is 1. The number of furan rings is 1. The lowest BCUT2D eigenvalue weighted by molar-refractivity contribution is 0.0696. The van der Waals surface area contributed by atoms with Crippen molar-refractivity contribution in [1.29, 1.82) is 0 Å². The lowest BCUT2D eigenvalue weighted by atomic mass is 10.2. The van der Waals surface area contributed by atoms with Crippen molar-refractivity contribution in [1.82, 2.24) is 9.21 Å². The maximum absolute atomic E-state index is 12.8. The first-order valence-corrected chi connectivity index (χ1v) is 9.79. The molecule has 0 saturated carbocycles. The summed E-state index contributed by atoms with van der Waals surface area (Å²) in [5, 5.41) is 0.421. The molecule has 0 radical (unpaired) electrons. The summed E-state index contributed by atoms with van der Waals surface area (Å²) in [6.45, 7) is 2.68. The fraction of sp³-hybridized carbons (Fsp3) is 0.312. The highest BCUT2D eigenvalue weighted by atomic mass is 35.5. The van der Waals surface area contributed by atoms with Crippen molar-refractivity contribution >= 4 is 39.1 Å². The number of halogens is 2. The Morgan fingerprint density at radius 3 is 2.40 bits per heavy atom. The molecular weight excluding hydrogens is 387 g/mol. The van der Waals surface area contributed by atoms with E-state index in [0.29, 0.717) is 29.4 Å². The SMILES string of the molecule is Cc1occc1C(=O)N1CCN(S(=O)(=O)c2cc(Cl)ccc2Cl)CC1. The predicted molar refractivity (Wildman–Crippen MR) is 94.6 cm³/mol. The summed E-state index contributed by atoms with van der Waals surface area (Å²) in [7, 11) is -3.77. The highest BCUT2D eigenvalue weighted by molar-refractivity contribution is 7.89. The fourth-order valence-corrected chi connectivity index (χ4v) is 4.88. The molecule has 1 aromatic carbocycles. The van der Waals surface area contributed by atoms with Gasteiger partial charge in [-0.15, -0.1) is 0 Å². The molecule has 0 N–H and O–H groups in total. The Labute approximate surface area is 156 Å². The zero-order valence-electron chi connectivity index (χ0n) is 13.4. The summed E-state index contributed by atoms with van der Waals surface area (Å²) in [5.41, 5.74) is 0.495. The molecule has 1 saturated heterocycles. The van der Waals surface area contributed by atoms with E-state index in [4.69, 9.17) is 27.6 Å². The Bertz CT molecular complexity index is 903. The molecule has 1 aliphatic rings. The van der Waals surface area contributed by atoms with E-state index in [0.717, 1.165) is 0 Å². The van der Waals surface area contributed by atoms with Crippen molar-refractivity contribution in [2.24, 2.45) is 0 Å². The Morgan fingerprint density at radius 1 is 1.12 bits per heavy atom. The van der Waals surface area contributed by atoms with Gasteiger partial charge in [-0.2, -0.15) is 4.31 Å². The van der Waals surface area contributed by atoms with E-state index < -0.39 is 10.0 Å².